The molecule has 0 unspecified atom stereocenters. The topological polar surface area (TPSA) is 87.1 Å². The lowest BCUT2D eigenvalue weighted by Crippen LogP contribution is -2.02. The second-order valence-corrected chi connectivity index (χ2v) is 6.27. The summed E-state index contributed by atoms with van der Waals surface area (Å²) < 4.78 is 0.996. The fraction of sp³-hybridized carbons (Fsp3) is 0.0556. The molecule has 0 radical (unpaired) electrons. The van der Waals surface area contributed by atoms with Crippen LogP contribution in [0.1, 0.15) is 16.1 Å². The van der Waals surface area contributed by atoms with Crippen molar-refractivity contribution >= 4 is 45.0 Å². The van der Waals surface area contributed by atoms with E-state index in [2.05, 4.69) is 36.5 Å². The van der Waals surface area contributed by atoms with Crippen molar-refractivity contribution in [3.63, 3.8) is 0 Å². The van der Waals surface area contributed by atoms with Crippen LogP contribution in [0.2, 0.25) is 0 Å². The van der Waals surface area contributed by atoms with Crippen molar-refractivity contribution in [2.45, 2.75) is 6.92 Å². The van der Waals surface area contributed by atoms with E-state index in [4.69, 9.17) is 5.11 Å². The number of halogens is 1. The third kappa shape index (κ3) is 4.54. The van der Waals surface area contributed by atoms with Gasteiger partial charge in [-0.05, 0) is 55.5 Å². The van der Waals surface area contributed by atoms with Gasteiger partial charge < -0.3 is 15.7 Å². The first-order valence-electron chi connectivity index (χ1n) is 7.48. The van der Waals surface area contributed by atoms with Crippen LogP contribution in [0.25, 0.3) is 0 Å². The molecule has 0 amide bonds. The van der Waals surface area contributed by atoms with Gasteiger partial charge in [0.25, 0.3) is 0 Å². The van der Waals surface area contributed by atoms with E-state index in [1.165, 1.54) is 0 Å². The molecule has 0 atom stereocenters. The number of carbonyl (C=O) groups is 1. The number of benzene rings is 2. The molecule has 0 bridgehead atoms. The molecule has 7 heteroatoms. The van der Waals surface area contributed by atoms with Gasteiger partial charge in [-0.25, -0.2) is 9.78 Å². The van der Waals surface area contributed by atoms with Crippen LogP contribution in [0.3, 0.4) is 0 Å². The maximum Gasteiger partial charge on any atom is 0.335 e. The number of aryl methyl sites for hydroxylation is 1. The Kier molecular flexibility index (Phi) is 4.95. The van der Waals surface area contributed by atoms with Crippen LogP contribution in [0.5, 0.6) is 0 Å². The molecule has 3 aromatic rings. The molecule has 2 aromatic carbocycles. The lowest BCUT2D eigenvalue weighted by molar-refractivity contribution is 0.0697. The summed E-state index contributed by atoms with van der Waals surface area (Å²) in [5, 5.41) is 15.3. The molecule has 6 nitrogen and oxygen atoms in total. The number of anilines is 4. The Hall–Kier alpha value is -2.93. The summed E-state index contributed by atoms with van der Waals surface area (Å²) in [6.45, 7) is 1.88. The third-order valence-electron chi connectivity index (χ3n) is 3.36. The summed E-state index contributed by atoms with van der Waals surface area (Å²) in [6, 6.07) is 16.0. The smallest absolute Gasteiger partial charge is 0.335 e. The second-order valence-electron chi connectivity index (χ2n) is 5.36. The van der Waals surface area contributed by atoms with Crippen molar-refractivity contribution in [2.24, 2.45) is 0 Å². The number of aromatic carboxylic acids is 1. The number of nitrogens with one attached hydrogen (secondary N) is 2. The quantitative estimate of drug-likeness (QED) is 0.575. The van der Waals surface area contributed by atoms with Crippen LogP contribution in [0.15, 0.2) is 59.1 Å². The second kappa shape index (κ2) is 7.31. The van der Waals surface area contributed by atoms with Gasteiger partial charge in [0.15, 0.2) is 0 Å². The first-order chi connectivity index (χ1) is 12.0. The summed E-state index contributed by atoms with van der Waals surface area (Å²) in [4.78, 5) is 19.7. The van der Waals surface area contributed by atoms with Gasteiger partial charge in [-0.2, -0.15) is 4.98 Å². The van der Waals surface area contributed by atoms with Gasteiger partial charge in [0.1, 0.15) is 5.82 Å². The van der Waals surface area contributed by atoms with Crippen LogP contribution in [0.4, 0.5) is 23.1 Å². The molecular formula is C18H15BrN4O2. The van der Waals surface area contributed by atoms with E-state index in [1.54, 1.807) is 24.3 Å². The zero-order chi connectivity index (χ0) is 17.8. The minimum absolute atomic E-state index is 0.238. The molecule has 25 heavy (non-hydrogen) atoms. The molecule has 0 spiro atoms. The van der Waals surface area contributed by atoms with E-state index >= 15 is 0 Å². The summed E-state index contributed by atoms with van der Waals surface area (Å²) >= 11 is 3.40. The molecular weight excluding hydrogens is 384 g/mol. The molecule has 0 saturated carbocycles. The van der Waals surface area contributed by atoms with E-state index in [9.17, 15) is 4.79 Å². The van der Waals surface area contributed by atoms with Gasteiger partial charge in [0.2, 0.25) is 5.95 Å². The summed E-state index contributed by atoms with van der Waals surface area (Å²) in [6.07, 6.45) is 0. The third-order valence-corrected chi connectivity index (χ3v) is 3.89. The fourth-order valence-electron chi connectivity index (χ4n) is 2.19. The van der Waals surface area contributed by atoms with Gasteiger partial charge in [0.05, 0.1) is 5.56 Å². The van der Waals surface area contributed by atoms with Crippen LogP contribution < -0.4 is 10.6 Å². The lowest BCUT2D eigenvalue weighted by atomic mass is 10.2. The van der Waals surface area contributed by atoms with Crippen LogP contribution in [-0.2, 0) is 0 Å². The minimum atomic E-state index is -0.953. The monoisotopic (exact) mass is 398 g/mol. The maximum atomic E-state index is 10.9. The Balaban J connectivity index is 1.79. The highest BCUT2D eigenvalue weighted by molar-refractivity contribution is 9.10. The van der Waals surface area contributed by atoms with Crippen molar-refractivity contribution in [3.8, 4) is 0 Å². The normalized spacial score (nSPS) is 10.3. The number of hydrogen-bond donors (Lipinski definition) is 3. The highest BCUT2D eigenvalue weighted by Crippen LogP contribution is 2.21. The number of rotatable bonds is 5. The number of hydrogen-bond acceptors (Lipinski definition) is 5. The Morgan fingerprint density at radius 1 is 0.960 bits per heavy atom. The predicted molar refractivity (Wildman–Crippen MR) is 101 cm³/mol. The zero-order valence-corrected chi connectivity index (χ0v) is 14.9. The molecule has 0 aliphatic carbocycles. The predicted octanol–water partition coefficient (Wildman–Crippen LogP) is 4.73. The van der Waals surface area contributed by atoms with E-state index < -0.39 is 5.97 Å². The van der Waals surface area contributed by atoms with Crippen molar-refractivity contribution in [2.75, 3.05) is 10.6 Å². The fourth-order valence-corrected chi connectivity index (χ4v) is 2.46. The molecule has 3 rings (SSSR count). The average molecular weight is 399 g/mol. The first-order valence-corrected chi connectivity index (χ1v) is 8.27. The number of aromatic nitrogens is 2. The van der Waals surface area contributed by atoms with E-state index in [1.807, 2.05) is 37.3 Å². The zero-order valence-electron chi connectivity index (χ0n) is 13.3. The van der Waals surface area contributed by atoms with E-state index in [0.29, 0.717) is 11.8 Å². The van der Waals surface area contributed by atoms with Crippen LogP contribution >= 0.6 is 15.9 Å². The molecule has 126 valence electrons. The summed E-state index contributed by atoms with van der Waals surface area (Å²) in [5.74, 6) is 0.146. The molecule has 0 saturated heterocycles. The standard InChI is InChI=1S/C18H15BrN4O2/c1-11-10-16(21-14-6-2-12(3-7-14)17(24)25)23-18(20-11)22-15-8-4-13(19)5-9-15/h2-10H,1H3,(H,24,25)(H2,20,21,22,23). The number of carboxylic acid groups (broad SMARTS) is 1. The average Bonchev–Trinajstić information content (AvgIpc) is 2.57. The van der Waals surface area contributed by atoms with Crippen LogP contribution in [0, 0.1) is 6.92 Å². The first kappa shape index (κ1) is 16.9. The van der Waals surface area contributed by atoms with E-state index in [0.717, 1.165) is 21.5 Å². The Morgan fingerprint density at radius 2 is 1.56 bits per heavy atom. The van der Waals surface area contributed by atoms with Gasteiger partial charge in [-0.15, -0.1) is 0 Å². The SMILES string of the molecule is Cc1cc(Nc2ccc(C(=O)O)cc2)nc(Nc2ccc(Br)cc2)n1. The molecule has 1 heterocycles. The van der Waals surface area contributed by atoms with Gasteiger partial charge in [0, 0.05) is 27.6 Å². The number of nitrogens with zero attached hydrogens (tertiary/aromatic N) is 2. The van der Waals surface area contributed by atoms with Crippen LogP contribution in [-0.4, -0.2) is 21.0 Å². The highest BCUT2D eigenvalue weighted by Gasteiger charge is 2.05. The summed E-state index contributed by atoms with van der Waals surface area (Å²) in [7, 11) is 0. The lowest BCUT2D eigenvalue weighted by Gasteiger charge is -2.10. The molecule has 0 aliphatic rings. The minimum Gasteiger partial charge on any atom is -0.478 e. The summed E-state index contributed by atoms with van der Waals surface area (Å²) in [5.41, 5.74) is 2.67. The van der Waals surface area contributed by atoms with Crippen molar-refractivity contribution < 1.29 is 9.90 Å². The van der Waals surface area contributed by atoms with Gasteiger partial charge in [-0.1, -0.05) is 15.9 Å². The Labute approximate surface area is 153 Å². The molecule has 3 N–H and O–H groups in total. The molecule has 1 aromatic heterocycles. The van der Waals surface area contributed by atoms with Crippen molar-refractivity contribution in [1.82, 2.24) is 9.97 Å². The maximum absolute atomic E-state index is 10.9. The van der Waals surface area contributed by atoms with Crippen molar-refractivity contribution in [3.05, 3.63) is 70.3 Å². The van der Waals surface area contributed by atoms with Crippen molar-refractivity contribution in [1.29, 1.82) is 0 Å². The molecule has 0 aliphatic heterocycles. The van der Waals surface area contributed by atoms with Gasteiger partial charge >= 0.3 is 5.97 Å². The Bertz CT molecular complexity index is 896. The van der Waals surface area contributed by atoms with Gasteiger partial charge in [-0.3, -0.25) is 0 Å². The number of carboxylic acids is 1. The molecule has 0 fully saturated rings. The highest BCUT2D eigenvalue weighted by atomic mass is 79.9. The largest absolute Gasteiger partial charge is 0.478 e. The Morgan fingerprint density at radius 3 is 2.20 bits per heavy atom. The van der Waals surface area contributed by atoms with E-state index in [-0.39, 0.29) is 5.56 Å².